The molecule has 0 N–H and O–H groups in total. The molecule has 0 spiro atoms. The number of benzene rings is 1. The number of hydrogen-bond donors (Lipinski definition) is 0. The SMILES string of the molecule is CC(=O)/C(=N\N([Si](C)(C)C)[Si](C)(C)C)c1ccccc1. The van der Waals surface area contributed by atoms with Gasteiger partial charge in [0.1, 0.15) is 5.71 Å². The molecule has 0 radical (unpaired) electrons. The van der Waals surface area contributed by atoms with Crippen LogP contribution in [0.2, 0.25) is 39.3 Å². The number of ketones is 1. The average Bonchev–Trinajstić information content (AvgIpc) is 2.26. The van der Waals surface area contributed by atoms with Crippen LogP contribution in [-0.4, -0.2) is 32.3 Å². The Bertz CT molecular complexity index is 485. The van der Waals surface area contributed by atoms with Gasteiger partial charge in [-0.3, -0.25) is 4.79 Å². The van der Waals surface area contributed by atoms with Crippen molar-refractivity contribution in [2.24, 2.45) is 5.10 Å². The summed E-state index contributed by atoms with van der Waals surface area (Å²) in [6.07, 6.45) is 0. The Kier molecular flexibility index (Phi) is 5.10. The van der Waals surface area contributed by atoms with Gasteiger partial charge in [0, 0.05) is 12.5 Å². The molecule has 0 aliphatic rings. The molecule has 0 aliphatic carbocycles. The second-order valence-electron chi connectivity index (χ2n) is 7.02. The summed E-state index contributed by atoms with van der Waals surface area (Å²) < 4.78 is 2.28. The minimum atomic E-state index is -1.61. The van der Waals surface area contributed by atoms with Crippen molar-refractivity contribution in [1.82, 2.24) is 4.34 Å². The van der Waals surface area contributed by atoms with Crippen LogP contribution in [0, 0.1) is 0 Å². The van der Waals surface area contributed by atoms with Crippen molar-refractivity contribution in [2.45, 2.75) is 46.2 Å². The average molecular weight is 307 g/mol. The topological polar surface area (TPSA) is 32.7 Å². The Morgan fingerprint density at radius 2 is 1.40 bits per heavy atom. The molecular weight excluding hydrogens is 280 g/mol. The normalized spacial score (nSPS) is 13.2. The van der Waals surface area contributed by atoms with Crippen LogP contribution in [0.5, 0.6) is 0 Å². The summed E-state index contributed by atoms with van der Waals surface area (Å²) in [5.74, 6) is 0.0256. The summed E-state index contributed by atoms with van der Waals surface area (Å²) in [6.45, 7) is 15.2. The Balaban J connectivity index is 3.35. The van der Waals surface area contributed by atoms with Gasteiger partial charge in [0.25, 0.3) is 0 Å². The van der Waals surface area contributed by atoms with Crippen molar-refractivity contribution >= 4 is 28.0 Å². The van der Waals surface area contributed by atoms with Crippen LogP contribution in [0.1, 0.15) is 12.5 Å². The molecule has 0 fully saturated rings. The first kappa shape index (κ1) is 16.8. The molecule has 1 rings (SSSR count). The number of carbonyl (C=O) groups is 1. The molecule has 20 heavy (non-hydrogen) atoms. The fourth-order valence-corrected chi connectivity index (χ4v) is 11.2. The molecule has 110 valence electrons. The molecular formula is C15H26N2OSi2. The Morgan fingerprint density at radius 1 is 0.950 bits per heavy atom. The van der Waals surface area contributed by atoms with Gasteiger partial charge < -0.3 is 4.34 Å². The Hall–Kier alpha value is -1.21. The Morgan fingerprint density at radius 3 is 1.75 bits per heavy atom. The fraction of sp³-hybridized carbons (Fsp3) is 0.467. The number of nitrogens with zero attached hydrogens (tertiary/aromatic N) is 2. The standard InChI is InChI=1S/C15H26N2OSi2/c1-13(18)15(14-11-9-8-10-12-14)16-17(19(2,3)4)20(5,6)7/h8-12H,1-7H3/b16-15+. The molecule has 0 unspecified atom stereocenters. The van der Waals surface area contributed by atoms with Crippen LogP contribution in [0.15, 0.2) is 35.4 Å². The highest BCUT2D eigenvalue weighted by atomic mass is 28.4. The molecule has 1 aromatic carbocycles. The van der Waals surface area contributed by atoms with E-state index in [1.807, 2.05) is 30.3 Å². The van der Waals surface area contributed by atoms with Crippen LogP contribution in [0.25, 0.3) is 0 Å². The predicted octanol–water partition coefficient (Wildman–Crippen LogP) is 3.95. The lowest BCUT2D eigenvalue weighted by molar-refractivity contribution is -0.111. The van der Waals surface area contributed by atoms with Gasteiger partial charge in [-0.2, -0.15) is 5.10 Å². The van der Waals surface area contributed by atoms with Crippen molar-refractivity contribution in [3.63, 3.8) is 0 Å². The third-order valence-corrected chi connectivity index (χ3v) is 9.62. The molecule has 0 atom stereocenters. The van der Waals surface area contributed by atoms with Crippen molar-refractivity contribution in [1.29, 1.82) is 0 Å². The van der Waals surface area contributed by atoms with Gasteiger partial charge in [0.2, 0.25) is 0 Å². The van der Waals surface area contributed by atoms with Gasteiger partial charge in [-0.25, -0.2) is 0 Å². The summed E-state index contributed by atoms with van der Waals surface area (Å²) >= 11 is 0. The van der Waals surface area contributed by atoms with E-state index < -0.39 is 16.5 Å². The van der Waals surface area contributed by atoms with Crippen molar-refractivity contribution < 1.29 is 4.79 Å². The summed E-state index contributed by atoms with van der Waals surface area (Å²) in [5, 5.41) is 4.81. The highest BCUT2D eigenvalue weighted by molar-refractivity contribution is 6.89. The molecule has 0 aromatic heterocycles. The van der Waals surface area contributed by atoms with Gasteiger partial charge in [-0.1, -0.05) is 69.6 Å². The van der Waals surface area contributed by atoms with E-state index in [2.05, 4.69) is 43.6 Å². The van der Waals surface area contributed by atoms with Crippen molar-refractivity contribution in [3.05, 3.63) is 35.9 Å². The zero-order valence-corrected chi connectivity index (χ0v) is 15.7. The zero-order valence-electron chi connectivity index (χ0n) is 13.7. The molecule has 0 amide bonds. The lowest BCUT2D eigenvalue weighted by Crippen LogP contribution is -2.56. The summed E-state index contributed by atoms with van der Waals surface area (Å²) in [7, 11) is -3.22. The maximum atomic E-state index is 12.0. The lowest BCUT2D eigenvalue weighted by atomic mass is 10.1. The van der Waals surface area contributed by atoms with E-state index in [1.165, 1.54) is 0 Å². The molecule has 0 aliphatic heterocycles. The maximum absolute atomic E-state index is 12.0. The van der Waals surface area contributed by atoms with Crippen LogP contribution >= 0.6 is 0 Å². The molecule has 0 bridgehead atoms. The van der Waals surface area contributed by atoms with E-state index in [-0.39, 0.29) is 5.78 Å². The number of hydrazone groups is 1. The van der Waals surface area contributed by atoms with Crippen molar-refractivity contribution in [2.75, 3.05) is 0 Å². The fourth-order valence-electron chi connectivity index (χ4n) is 2.33. The van der Waals surface area contributed by atoms with Gasteiger partial charge in [-0.15, -0.1) is 0 Å². The van der Waals surface area contributed by atoms with Crippen LogP contribution in [0.3, 0.4) is 0 Å². The minimum absolute atomic E-state index is 0.0256. The smallest absolute Gasteiger partial charge is 0.180 e. The first-order valence-electron chi connectivity index (χ1n) is 6.99. The quantitative estimate of drug-likeness (QED) is 0.469. The molecule has 3 nitrogen and oxygen atoms in total. The molecule has 5 heteroatoms. The van der Waals surface area contributed by atoms with E-state index in [1.54, 1.807) is 6.92 Å². The van der Waals surface area contributed by atoms with E-state index >= 15 is 0 Å². The monoisotopic (exact) mass is 306 g/mol. The highest BCUT2D eigenvalue weighted by Gasteiger charge is 2.34. The van der Waals surface area contributed by atoms with Crippen molar-refractivity contribution in [3.8, 4) is 0 Å². The van der Waals surface area contributed by atoms with Gasteiger partial charge >= 0.3 is 0 Å². The zero-order chi connectivity index (χ0) is 15.6. The first-order valence-corrected chi connectivity index (χ1v) is 13.9. The third kappa shape index (κ3) is 4.42. The second kappa shape index (κ2) is 6.05. The summed E-state index contributed by atoms with van der Waals surface area (Å²) in [4.78, 5) is 12.0. The van der Waals surface area contributed by atoms with Crippen LogP contribution < -0.4 is 0 Å². The lowest BCUT2D eigenvalue weighted by Gasteiger charge is -2.41. The van der Waals surface area contributed by atoms with Crippen LogP contribution in [-0.2, 0) is 4.79 Å². The van der Waals surface area contributed by atoms with Gasteiger partial charge in [0.15, 0.2) is 22.3 Å². The molecule has 1 aromatic rings. The Labute approximate surface area is 124 Å². The number of Topliss-reactive ketones (excluding diaryl/α,β-unsaturated/α-hetero) is 1. The van der Waals surface area contributed by atoms with Crippen LogP contribution in [0.4, 0.5) is 0 Å². The third-order valence-electron chi connectivity index (χ3n) is 2.85. The van der Waals surface area contributed by atoms with E-state index in [0.29, 0.717) is 5.71 Å². The van der Waals surface area contributed by atoms with E-state index in [4.69, 9.17) is 5.10 Å². The largest absolute Gasteiger partial charge is 0.349 e. The number of hydrogen-bond acceptors (Lipinski definition) is 3. The van der Waals surface area contributed by atoms with Gasteiger partial charge in [-0.05, 0) is 0 Å². The minimum Gasteiger partial charge on any atom is -0.349 e. The summed E-state index contributed by atoms with van der Waals surface area (Å²) in [6, 6.07) is 9.75. The molecule has 0 saturated heterocycles. The number of rotatable bonds is 5. The predicted molar refractivity (Wildman–Crippen MR) is 92.2 cm³/mol. The second-order valence-corrected chi connectivity index (χ2v) is 17.0. The highest BCUT2D eigenvalue weighted by Crippen LogP contribution is 2.21. The maximum Gasteiger partial charge on any atom is 0.180 e. The number of carbonyl (C=O) groups excluding carboxylic acids is 1. The molecule has 0 saturated carbocycles. The van der Waals surface area contributed by atoms with Gasteiger partial charge in [0.05, 0.1) is 0 Å². The summed E-state index contributed by atoms with van der Waals surface area (Å²) in [5.41, 5.74) is 1.48. The van der Waals surface area contributed by atoms with E-state index in [9.17, 15) is 4.79 Å². The first-order chi connectivity index (χ1) is 9.03. The van der Waals surface area contributed by atoms with E-state index in [0.717, 1.165) is 5.56 Å². The molecule has 0 heterocycles.